The summed E-state index contributed by atoms with van der Waals surface area (Å²) in [5.41, 5.74) is 0.949. The summed E-state index contributed by atoms with van der Waals surface area (Å²) in [6, 6.07) is 9.49. The van der Waals surface area contributed by atoms with Gasteiger partial charge in [0.2, 0.25) is 0 Å². The summed E-state index contributed by atoms with van der Waals surface area (Å²) in [5.74, 6) is 0. The molecule has 1 amide bonds. The summed E-state index contributed by atoms with van der Waals surface area (Å²) >= 11 is 0. The lowest BCUT2D eigenvalue weighted by atomic mass is 10.2. The van der Waals surface area contributed by atoms with E-state index in [-0.39, 0.29) is 6.61 Å². The third kappa shape index (κ3) is 7.43. The van der Waals surface area contributed by atoms with Crippen LogP contribution in [0.1, 0.15) is 25.3 Å². The molecule has 0 bridgehead atoms. The molecule has 0 saturated heterocycles. The van der Waals surface area contributed by atoms with Crippen molar-refractivity contribution < 1.29 is 19.4 Å². The van der Waals surface area contributed by atoms with Crippen LogP contribution in [0.5, 0.6) is 0 Å². The highest BCUT2D eigenvalue weighted by Gasteiger charge is 2.04. The second-order valence-corrected chi connectivity index (χ2v) is 4.04. The van der Waals surface area contributed by atoms with Crippen molar-refractivity contribution in [3.8, 4) is 0 Å². The molecule has 0 heterocycles. The first-order chi connectivity index (χ1) is 9.22. The number of amides is 1. The smallest absolute Gasteiger partial charge is 0.407 e. The van der Waals surface area contributed by atoms with Crippen LogP contribution in [0.3, 0.4) is 0 Å². The van der Waals surface area contributed by atoms with Gasteiger partial charge < -0.3 is 19.9 Å². The number of carbonyl (C=O) groups excluding carboxylic acids is 1. The third-order valence-corrected chi connectivity index (χ3v) is 2.47. The fourth-order valence-corrected chi connectivity index (χ4v) is 1.52. The first kappa shape index (κ1) is 15.5. The van der Waals surface area contributed by atoms with Gasteiger partial charge >= 0.3 is 6.09 Å². The molecule has 1 rings (SSSR count). The van der Waals surface area contributed by atoms with Gasteiger partial charge in [0, 0.05) is 13.2 Å². The largest absolute Gasteiger partial charge is 0.445 e. The Bertz CT molecular complexity index is 356. The predicted molar refractivity (Wildman–Crippen MR) is 71.5 cm³/mol. The van der Waals surface area contributed by atoms with E-state index in [0.717, 1.165) is 5.56 Å². The molecule has 1 unspecified atom stereocenters. The molecule has 0 aromatic heterocycles. The number of nitrogens with one attached hydrogen (secondary N) is 1. The van der Waals surface area contributed by atoms with Crippen LogP contribution in [0.4, 0.5) is 4.79 Å². The summed E-state index contributed by atoms with van der Waals surface area (Å²) in [7, 11) is 0. The second-order valence-electron chi connectivity index (χ2n) is 4.04. The predicted octanol–water partition coefficient (Wildman–Crippen LogP) is 2.05. The van der Waals surface area contributed by atoms with Crippen molar-refractivity contribution in [2.45, 2.75) is 32.7 Å². The minimum absolute atomic E-state index is 0.258. The van der Waals surface area contributed by atoms with Crippen LogP contribution in [-0.4, -0.2) is 30.6 Å². The molecule has 0 aliphatic heterocycles. The van der Waals surface area contributed by atoms with E-state index in [2.05, 4.69) is 5.32 Å². The number of benzene rings is 1. The van der Waals surface area contributed by atoms with Gasteiger partial charge in [0.05, 0.1) is 0 Å². The van der Waals surface area contributed by atoms with Crippen molar-refractivity contribution in [2.75, 3.05) is 13.2 Å². The van der Waals surface area contributed by atoms with Crippen molar-refractivity contribution in [3.05, 3.63) is 35.9 Å². The monoisotopic (exact) mass is 267 g/mol. The lowest BCUT2D eigenvalue weighted by molar-refractivity contribution is -0.0990. The van der Waals surface area contributed by atoms with Gasteiger partial charge in [-0.25, -0.2) is 4.79 Å². The number of aliphatic hydroxyl groups excluding tert-OH is 1. The molecule has 1 aromatic rings. The molecule has 0 saturated carbocycles. The van der Waals surface area contributed by atoms with Crippen molar-refractivity contribution in [1.82, 2.24) is 5.32 Å². The molecular weight excluding hydrogens is 246 g/mol. The molecular formula is C14H21NO4. The highest BCUT2D eigenvalue weighted by Crippen LogP contribution is 2.01. The maximum absolute atomic E-state index is 11.4. The minimum atomic E-state index is -0.757. The fraction of sp³-hybridized carbons (Fsp3) is 0.500. The van der Waals surface area contributed by atoms with Gasteiger partial charge in [0.15, 0.2) is 6.29 Å². The van der Waals surface area contributed by atoms with E-state index >= 15 is 0 Å². The molecule has 19 heavy (non-hydrogen) atoms. The van der Waals surface area contributed by atoms with Crippen molar-refractivity contribution >= 4 is 6.09 Å². The van der Waals surface area contributed by atoms with Crippen molar-refractivity contribution in [3.63, 3.8) is 0 Å². The highest BCUT2D eigenvalue weighted by molar-refractivity contribution is 5.67. The number of hydrogen-bond donors (Lipinski definition) is 2. The molecule has 5 nitrogen and oxygen atoms in total. The first-order valence-electron chi connectivity index (χ1n) is 6.46. The summed E-state index contributed by atoms with van der Waals surface area (Å²) in [5, 5.41) is 11.9. The number of hydrogen-bond acceptors (Lipinski definition) is 4. The van der Waals surface area contributed by atoms with Gasteiger partial charge in [-0.15, -0.1) is 0 Å². The average molecular weight is 267 g/mol. The molecule has 0 aliphatic rings. The lowest BCUT2D eigenvalue weighted by Crippen LogP contribution is -2.26. The summed E-state index contributed by atoms with van der Waals surface area (Å²) < 4.78 is 10.0. The van der Waals surface area contributed by atoms with Gasteiger partial charge in [0.1, 0.15) is 6.61 Å². The normalized spacial score (nSPS) is 11.9. The summed E-state index contributed by atoms with van der Waals surface area (Å²) in [4.78, 5) is 11.4. The Balaban J connectivity index is 2.05. The van der Waals surface area contributed by atoms with Gasteiger partial charge in [-0.3, -0.25) is 0 Å². The van der Waals surface area contributed by atoms with Crippen LogP contribution < -0.4 is 5.32 Å². The number of ether oxygens (including phenoxy) is 2. The summed E-state index contributed by atoms with van der Waals surface area (Å²) in [6.45, 7) is 3.02. The second kappa shape index (κ2) is 9.35. The Hall–Kier alpha value is -1.59. The molecule has 0 aliphatic carbocycles. The molecule has 0 radical (unpaired) electrons. The number of alkyl carbamates (subject to hydrolysis) is 1. The molecule has 1 atom stereocenters. The number of aliphatic hydroxyl groups is 1. The van der Waals surface area contributed by atoms with E-state index in [1.54, 1.807) is 0 Å². The van der Waals surface area contributed by atoms with E-state index in [4.69, 9.17) is 9.47 Å². The molecule has 0 spiro atoms. The Labute approximate surface area is 113 Å². The number of rotatable bonds is 8. The maximum atomic E-state index is 11.4. The van der Waals surface area contributed by atoms with E-state index in [0.29, 0.717) is 26.0 Å². The van der Waals surface area contributed by atoms with Crippen LogP contribution in [0.15, 0.2) is 30.3 Å². The Morgan fingerprint density at radius 1 is 1.37 bits per heavy atom. The van der Waals surface area contributed by atoms with Gasteiger partial charge in [-0.1, -0.05) is 30.3 Å². The van der Waals surface area contributed by atoms with Crippen LogP contribution in [0, 0.1) is 0 Å². The Morgan fingerprint density at radius 2 is 2.11 bits per heavy atom. The standard InChI is InChI=1S/C14H21NO4/c1-2-18-13(16)9-6-10-15-14(17)19-11-12-7-4-3-5-8-12/h3-5,7-8,13,16H,2,6,9-11H2,1H3,(H,15,17). The van der Waals surface area contributed by atoms with Crippen LogP contribution in [-0.2, 0) is 16.1 Å². The fourth-order valence-electron chi connectivity index (χ4n) is 1.52. The average Bonchev–Trinajstić information content (AvgIpc) is 2.43. The third-order valence-electron chi connectivity index (χ3n) is 2.47. The zero-order chi connectivity index (χ0) is 13.9. The van der Waals surface area contributed by atoms with Crippen LogP contribution in [0.2, 0.25) is 0 Å². The SMILES string of the molecule is CCOC(O)CCCNC(=O)OCc1ccccc1. The van der Waals surface area contributed by atoms with Gasteiger partial charge in [0.25, 0.3) is 0 Å². The maximum Gasteiger partial charge on any atom is 0.407 e. The Kier molecular flexibility index (Phi) is 7.62. The molecule has 2 N–H and O–H groups in total. The van der Waals surface area contributed by atoms with Crippen LogP contribution in [0.25, 0.3) is 0 Å². The zero-order valence-corrected chi connectivity index (χ0v) is 11.2. The van der Waals surface area contributed by atoms with Crippen molar-refractivity contribution in [2.24, 2.45) is 0 Å². The quantitative estimate of drug-likeness (QED) is 0.559. The van der Waals surface area contributed by atoms with Crippen LogP contribution >= 0.6 is 0 Å². The van der Waals surface area contributed by atoms with E-state index in [1.807, 2.05) is 37.3 Å². The molecule has 5 heteroatoms. The van der Waals surface area contributed by atoms with Crippen molar-refractivity contribution in [1.29, 1.82) is 0 Å². The zero-order valence-electron chi connectivity index (χ0n) is 11.2. The van der Waals surface area contributed by atoms with Gasteiger partial charge in [-0.05, 0) is 25.3 Å². The van der Waals surface area contributed by atoms with E-state index in [9.17, 15) is 9.90 Å². The molecule has 0 fully saturated rings. The topological polar surface area (TPSA) is 67.8 Å². The van der Waals surface area contributed by atoms with E-state index < -0.39 is 12.4 Å². The first-order valence-corrected chi connectivity index (χ1v) is 6.46. The molecule has 106 valence electrons. The van der Waals surface area contributed by atoms with Gasteiger partial charge in [-0.2, -0.15) is 0 Å². The summed E-state index contributed by atoms with van der Waals surface area (Å²) in [6.07, 6.45) is -0.0732. The Morgan fingerprint density at radius 3 is 2.79 bits per heavy atom. The lowest BCUT2D eigenvalue weighted by Gasteiger charge is -2.10. The molecule has 1 aromatic carbocycles. The number of carbonyl (C=O) groups is 1. The van der Waals surface area contributed by atoms with E-state index in [1.165, 1.54) is 0 Å². The minimum Gasteiger partial charge on any atom is -0.445 e. The highest BCUT2D eigenvalue weighted by atomic mass is 16.6.